The predicted octanol–water partition coefficient (Wildman–Crippen LogP) is -2.48. The molecule has 0 aliphatic heterocycles. The maximum atomic E-state index is 0. The van der Waals surface area contributed by atoms with Gasteiger partial charge in [0.15, 0.2) is 0 Å². The van der Waals surface area contributed by atoms with E-state index in [0.717, 1.165) is 0 Å². The van der Waals surface area contributed by atoms with Crippen molar-refractivity contribution >= 4 is 0 Å². The maximum absolute atomic E-state index is 0. The first-order valence-corrected chi connectivity index (χ1v) is 0. The van der Waals surface area contributed by atoms with E-state index in [1.165, 1.54) is 0 Å². The Hall–Kier alpha value is 3.06. The van der Waals surface area contributed by atoms with E-state index in [4.69, 9.17) is 0 Å². The van der Waals surface area contributed by atoms with E-state index < -0.39 is 0 Å². The quantitative estimate of drug-likeness (QED) is 0.421. The van der Waals surface area contributed by atoms with Gasteiger partial charge in [-0.25, -0.2) is 0 Å². The summed E-state index contributed by atoms with van der Waals surface area (Å²) in [7, 11) is 0. The van der Waals surface area contributed by atoms with E-state index in [-0.39, 0.29) is 114 Å². The van der Waals surface area contributed by atoms with Crippen LogP contribution in [0.15, 0.2) is 0 Å². The first kappa shape index (κ1) is 62.8. The van der Waals surface area contributed by atoms with Crippen molar-refractivity contribution in [2.45, 2.75) is 0 Å². The Morgan fingerprint density at radius 2 is 0.500 bits per heavy atom. The van der Waals surface area contributed by atoms with Crippen LogP contribution in [-0.4, -0.2) is 16.4 Å². The Morgan fingerprint density at radius 1 is 0.500 bits per heavy atom. The van der Waals surface area contributed by atoms with Crippen molar-refractivity contribution in [1.82, 2.24) is 0 Å². The third kappa shape index (κ3) is 27.7. The molecule has 0 fully saturated rings. The van der Waals surface area contributed by atoms with Crippen LogP contribution in [-0.2, 0) is 16.8 Å². The summed E-state index contributed by atoms with van der Waals surface area (Å²) in [5.41, 5.74) is 0. The summed E-state index contributed by atoms with van der Waals surface area (Å²) >= 11 is 0. The molecule has 0 saturated heterocycles. The SMILES string of the molecule is O.O.O.[Co].[Sm].[Sm]. The van der Waals surface area contributed by atoms with Crippen LogP contribution >= 0.6 is 0 Å². The van der Waals surface area contributed by atoms with Crippen molar-refractivity contribution in [3.63, 3.8) is 0 Å². The van der Waals surface area contributed by atoms with E-state index in [9.17, 15) is 0 Å². The Morgan fingerprint density at radius 3 is 0.500 bits per heavy atom. The van der Waals surface area contributed by atoms with Crippen molar-refractivity contribution in [2.75, 3.05) is 0 Å². The van der Waals surface area contributed by atoms with Crippen LogP contribution in [0.25, 0.3) is 0 Å². The van der Waals surface area contributed by atoms with Gasteiger partial charge < -0.3 is 16.4 Å². The van der Waals surface area contributed by atoms with Crippen molar-refractivity contribution in [3.8, 4) is 0 Å². The van der Waals surface area contributed by atoms with Gasteiger partial charge in [-0.2, -0.15) is 0 Å². The molecule has 0 spiro atoms. The molecule has 45 valence electrons. The minimum Gasteiger partial charge on any atom is -0.412 e. The molecule has 3 nitrogen and oxygen atoms in total. The normalized spacial score (nSPS) is 0. The molecule has 0 aromatic carbocycles. The largest absolute Gasteiger partial charge is 0.412 e. The molecule has 6 N–H and O–H groups in total. The average molecular weight is 414 g/mol. The number of hydrogen-bond acceptors (Lipinski definition) is 0. The molecule has 0 aliphatic rings. The second-order valence-electron chi connectivity index (χ2n) is 0. The molecule has 6 heavy (non-hydrogen) atoms. The van der Waals surface area contributed by atoms with Gasteiger partial charge in [0.1, 0.15) is 0 Å². The second-order valence-corrected chi connectivity index (χ2v) is 0. The molecule has 0 amide bonds. The third-order valence-electron chi connectivity index (χ3n) is 0. The minimum atomic E-state index is 0. The van der Waals surface area contributed by atoms with Gasteiger partial charge >= 0.3 is 0 Å². The zero-order chi connectivity index (χ0) is 0. The molecule has 1 radical (unpaired) electrons. The smallest absolute Gasteiger partial charge is 0 e. The summed E-state index contributed by atoms with van der Waals surface area (Å²) in [6, 6.07) is 0. The van der Waals surface area contributed by atoms with Gasteiger partial charge in [0.25, 0.3) is 0 Å². The van der Waals surface area contributed by atoms with Gasteiger partial charge in [-0.05, 0) is 0 Å². The van der Waals surface area contributed by atoms with Gasteiger partial charge in [0.2, 0.25) is 0 Å². The molecule has 0 heterocycles. The van der Waals surface area contributed by atoms with Crippen LogP contribution in [0.2, 0.25) is 0 Å². The number of hydrogen-bond donors (Lipinski definition) is 0. The molecule has 0 bridgehead atoms. The molecular formula is H6CoO3Sm2. The second kappa shape index (κ2) is 42.9. The van der Waals surface area contributed by atoms with E-state index in [1.54, 1.807) is 0 Å². The van der Waals surface area contributed by atoms with E-state index in [1.807, 2.05) is 0 Å². The number of rotatable bonds is 0. The van der Waals surface area contributed by atoms with Gasteiger partial charge in [-0.15, -0.1) is 0 Å². The molecular weight excluding hydrogens is 408 g/mol. The van der Waals surface area contributed by atoms with Crippen LogP contribution < -0.4 is 0 Å². The van der Waals surface area contributed by atoms with Gasteiger partial charge in [0, 0.05) is 97.6 Å². The summed E-state index contributed by atoms with van der Waals surface area (Å²) in [5, 5.41) is 0. The summed E-state index contributed by atoms with van der Waals surface area (Å²) in [5.74, 6) is 0. The maximum Gasteiger partial charge on any atom is 0 e. The van der Waals surface area contributed by atoms with Crippen molar-refractivity contribution in [1.29, 1.82) is 0 Å². The molecule has 0 aliphatic carbocycles. The van der Waals surface area contributed by atoms with Crippen molar-refractivity contribution in [2.24, 2.45) is 0 Å². The molecule has 0 aromatic rings. The Balaban J connectivity index is 0. The fraction of sp³-hybridized carbons (Fsp3) is 0. The monoisotopic (exact) mass is 417 g/mol. The Labute approximate surface area is 111 Å². The molecule has 6 heteroatoms. The van der Waals surface area contributed by atoms with Crippen LogP contribution in [0.5, 0.6) is 0 Å². The topological polar surface area (TPSA) is 94.5 Å². The van der Waals surface area contributed by atoms with Gasteiger partial charge in [-0.1, -0.05) is 0 Å². The molecule has 0 saturated carbocycles. The zero-order valence-corrected chi connectivity index (χ0v) is 8.93. The summed E-state index contributed by atoms with van der Waals surface area (Å²) < 4.78 is 0. The van der Waals surface area contributed by atoms with Crippen LogP contribution in [0.1, 0.15) is 0 Å². The average Bonchev–Trinajstić information content (AvgIpc) is 0. The van der Waals surface area contributed by atoms with E-state index >= 15 is 0 Å². The third-order valence-corrected chi connectivity index (χ3v) is 0. The minimum absolute atomic E-state index is 0. The van der Waals surface area contributed by atoms with E-state index in [0.29, 0.717) is 0 Å². The fourth-order valence-electron chi connectivity index (χ4n) is 0. The van der Waals surface area contributed by atoms with Gasteiger partial charge in [-0.3, -0.25) is 0 Å². The summed E-state index contributed by atoms with van der Waals surface area (Å²) in [6.45, 7) is 0. The molecule has 0 unspecified atom stereocenters. The first-order valence-electron chi connectivity index (χ1n) is 0. The summed E-state index contributed by atoms with van der Waals surface area (Å²) in [6.07, 6.45) is 0. The first-order chi connectivity index (χ1) is 0. The zero-order valence-electron chi connectivity index (χ0n) is 2.65. The Kier molecular flexibility index (Phi) is 449. The predicted molar refractivity (Wildman–Crippen MR) is 10.8 cm³/mol. The van der Waals surface area contributed by atoms with Gasteiger partial charge in [0.05, 0.1) is 0 Å². The van der Waals surface area contributed by atoms with Crippen LogP contribution in [0.4, 0.5) is 0 Å². The molecule has 0 atom stereocenters. The van der Waals surface area contributed by atoms with Crippen molar-refractivity contribution < 1.29 is 114 Å². The standard InChI is InChI=1S/Co.3H2O.2Sm/h;3*1H2;;. The summed E-state index contributed by atoms with van der Waals surface area (Å²) in [4.78, 5) is 0. The molecule has 0 rings (SSSR count). The van der Waals surface area contributed by atoms with Crippen LogP contribution in [0, 0.1) is 80.8 Å². The molecule has 0 aromatic heterocycles. The fourth-order valence-corrected chi connectivity index (χ4v) is 0. The van der Waals surface area contributed by atoms with Crippen molar-refractivity contribution in [3.05, 3.63) is 0 Å². The van der Waals surface area contributed by atoms with Crippen LogP contribution in [0.3, 0.4) is 0 Å². The Bertz CT molecular complexity index is 8.75. The van der Waals surface area contributed by atoms with E-state index in [2.05, 4.69) is 0 Å².